The first kappa shape index (κ1) is 23.3. The molecule has 4 nitrogen and oxygen atoms in total. The molecule has 2 unspecified atom stereocenters. The third-order valence-electron chi connectivity index (χ3n) is 7.74. The molecule has 3 aromatic carbocycles. The van der Waals surface area contributed by atoms with E-state index in [9.17, 15) is 9.59 Å². The van der Waals surface area contributed by atoms with Gasteiger partial charge in [-0.15, -0.1) is 0 Å². The van der Waals surface area contributed by atoms with E-state index in [-0.39, 0.29) is 41.5 Å². The van der Waals surface area contributed by atoms with Crippen molar-refractivity contribution in [2.75, 3.05) is 13.1 Å². The highest BCUT2D eigenvalue weighted by atomic mass is 16.5. The molecule has 2 fully saturated rings. The van der Waals surface area contributed by atoms with Gasteiger partial charge in [-0.2, -0.15) is 0 Å². The summed E-state index contributed by atoms with van der Waals surface area (Å²) in [6.45, 7) is 5.06. The molecule has 1 amide bonds. The van der Waals surface area contributed by atoms with Gasteiger partial charge in [0.25, 0.3) is 0 Å². The van der Waals surface area contributed by atoms with Crippen molar-refractivity contribution in [3.8, 4) is 5.75 Å². The maximum absolute atomic E-state index is 13.5. The van der Waals surface area contributed by atoms with Crippen LogP contribution in [0.25, 0.3) is 0 Å². The number of ether oxygens (including phenoxy) is 1. The lowest BCUT2D eigenvalue weighted by atomic mass is 9.56. The second kappa shape index (κ2) is 9.69. The molecule has 3 aromatic rings. The lowest BCUT2D eigenvalue weighted by Gasteiger charge is -2.45. The number of likely N-dealkylation sites (tertiary alicyclic amines) is 1. The molecule has 0 spiro atoms. The van der Waals surface area contributed by atoms with E-state index in [2.05, 4.69) is 48.5 Å². The fraction of sp³-hybridized carbons (Fsp3) is 0.355. The van der Waals surface area contributed by atoms with Gasteiger partial charge in [0.1, 0.15) is 11.5 Å². The van der Waals surface area contributed by atoms with Crippen molar-refractivity contribution in [2.24, 2.45) is 11.8 Å². The van der Waals surface area contributed by atoms with Crippen LogP contribution in [-0.2, 0) is 21.4 Å². The zero-order valence-electron chi connectivity index (χ0n) is 20.5. The number of para-hydroxylation sites is 1. The van der Waals surface area contributed by atoms with E-state index in [1.807, 2.05) is 55.1 Å². The first-order valence-corrected chi connectivity index (χ1v) is 12.6. The molecular weight excluding hydrogens is 434 g/mol. The van der Waals surface area contributed by atoms with E-state index in [0.29, 0.717) is 19.5 Å². The summed E-state index contributed by atoms with van der Waals surface area (Å²) in [4.78, 5) is 28.6. The van der Waals surface area contributed by atoms with Crippen molar-refractivity contribution in [3.05, 3.63) is 102 Å². The van der Waals surface area contributed by atoms with Crippen LogP contribution in [0.4, 0.5) is 0 Å². The van der Waals surface area contributed by atoms with Crippen molar-refractivity contribution in [1.29, 1.82) is 0 Å². The molecule has 0 radical (unpaired) electrons. The number of benzene rings is 3. The van der Waals surface area contributed by atoms with Crippen molar-refractivity contribution in [1.82, 2.24) is 4.90 Å². The first-order valence-electron chi connectivity index (χ1n) is 12.6. The van der Waals surface area contributed by atoms with E-state index < -0.39 is 0 Å². The monoisotopic (exact) mass is 467 g/mol. The minimum Gasteiger partial charge on any atom is -0.491 e. The van der Waals surface area contributed by atoms with Crippen LogP contribution in [0.1, 0.15) is 43.4 Å². The van der Waals surface area contributed by atoms with Crippen molar-refractivity contribution < 1.29 is 14.3 Å². The molecule has 180 valence electrons. The van der Waals surface area contributed by atoms with Crippen LogP contribution in [0.15, 0.2) is 84.9 Å². The number of Topliss-reactive ketones (excluding diaryl/α,β-unsaturated/α-hetero) is 1. The summed E-state index contributed by atoms with van der Waals surface area (Å²) >= 11 is 0. The van der Waals surface area contributed by atoms with Gasteiger partial charge < -0.3 is 9.64 Å². The average Bonchev–Trinajstić information content (AvgIpc) is 3.34. The molecule has 1 aliphatic carbocycles. The molecule has 2 atom stereocenters. The largest absolute Gasteiger partial charge is 0.491 e. The Balaban J connectivity index is 1.47. The SMILES string of the molecule is CC(C)Oc1ccccc1CC(=O)N1CC2C(=O)CCC(c3ccccc3)(c3ccccc3)C2C1. The minimum absolute atomic E-state index is 0.0379. The Labute approximate surface area is 207 Å². The van der Waals surface area contributed by atoms with Crippen LogP contribution in [0.5, 0.6) is 5.75 Å². The molecule has 1 aliphatic heterocycles. The second-order valence-corrected chi connectivity index (χ2v) is 10.1. The number of hydrogen-bond acceptors (Lipinski definition) is 3. The number of carbonyl (C=O) groups excluding carboxylic acids is 2. The predicted octanol–water partition coefficient (Wildman–Crippen LogP) is 5.44. The smallest absolute Gasteiger partial charge is 0.227 e. The molecule has 0 aromatic heterocycles. The number of fused-ring (bicyclic) bond motifs is 1. The average molecular weight is 468 g/mol. The molecule has 1 saturated heterocycles. The number of ketones is 1. The molecule has 0 bridgehead atoms. The minimum atomic E-state index is -0.283. The Morgan fingerprint density at radius 2 is 1.51 bits per heavy atom. The molecular formula is C31H33NO3. The van der Waals surface area contributed by atoms with E-state index in [1.54, 1.807) is 0 Å². The molecule has 2 aliphatic rings. The zero-order valence-corrected chi connectivity index (χ0v) is 20.5. The summed E-state index contributed by atoms with van der Waals surface area (Å²) in [5.74, 6) is 1.01. The lowest BCUT2D eigenvalue weighted by molar-refractivity contribution is -0.129. The molecule has 35 heavy (non-hydrogen) atoms. The second-order valence-electron chi connectivity index (χ2n) is 10.1. The summed E-state index contributed by atoms with van der Waals surface area (Å²) in [7, 11) is 0. The van der Waals surface area contributed by atoms with Crippen molar-refractivity contribution in [3.63, 3.8) is 0 Å². The van der Waals surface area contributed by atoms with Gasteiger partial charge in [0.2, 0.25) is 5.91 Å². The maximum atomic E-state index is 13.5. The Morgan fingerprint density at radius 1 is 0.914 bits per heavy atom. The maximum Gasteiger partial charge on any atom is 0.227 e. The Kier molecular flexibility index (Phi) is 6.46. The van der Waals surface area contributed by atoms with E-state index in [1.165, 1.54) is 11.1 Å². The van der Waals surface area contributed by atoms with Crippen LogP contribution in [0, 0.1) is 11.8 Å². The quantitative estimate of drug-likeness (QED) is 0.485. The third-order valence-corrected chi connectivity index (χ3v) is 7.74. The lowest BCUT2D eigenvalue weighted by Crippen LogP contribution is -2.47. The van der Waals surface area contributed by atoms with Crippen LogP contribution in [-0.4, -0.2) is 35.8 Å². The fourth-order valence-electron chi connectivity index (χ4n) is 6.17. The van der Waals surface area contributed by atoms with E-state index >= 15 is 0 Å². The Hall–Kier alpha value is -3.40. The van der Waals surface area contributed by atoms with Crippen LogP contribution >= 0.6 is 0 Å². The predicted molar refractivity (Wildman–Crippen MR) is 137 cm³/mol. The molecule has 4 heteroatoms. The topological polar surface area (TPSA) is 46.6 Å². The summed E-state index contributed by atoms with van der Waals surface area (Å²) in [6, 6.07) is 28.9. The van der Waals surface area contributed by atoms with E-state index in [0.717, 1.165) is 17.7 Å². The number of carbonyl (C=O) groups is 2. The number of hydrogen-bond donors (Lipinski definition) is 0. The van der Waals surface area contributed by atoms with Crippen LogP contribution < -0.4 is 4.74 Å². The van der Waals surface area contributed by atoms with Gasteiger partial charge in [0.05, 0.1) is 12.5 Å². The molecule has 5 rings (SSSR count). The van der Waals surface area contributed by atoms with Crippen molar-refractivity contribution in [2.45, 2.75) is 44.6 Å². The number of nitrogens with zero attached hydrogens (tertiary/aromatic N) is 1. The normalized spacial score (nSPS) is 21.1. The molecule has 1 saturated carbocycles. The number of amides is 1. The summed E-state index contributed by atoms with van der Waals surface area (Å²) in [6.07, 6.45) is 1.63. The van der Waals surface area contributed by atoms with Gasteiger partial charge in [-0.1, -0.05) is 78.9 Å². The van der Waals surface area contributed by atoms with Gasteiger partial charge >= 0.3 is 0 Å². The summed E-state index contributed by atoms with van der Waals surface area (Å²) in [5, 5.41) is 0. The highest BCUT2D eigenvalue weighted by molar-refractivity contribution is 5.86. The molecule has 0 N–H and O–H groups in total. The molecule has 1 heterocycles. The van der Waals surface area contributed by atoms with Gasteiger partial charge in [0.15, 0.2) is 0 Å². The van der Waals surface area contributed by atoms with Crippen LogP contribution in [0.2, 0.25) is 0 Å². The summed E-state index contributed by atoms with van der Waals surface area (Å²) in [5.41, 5.74) is 3.08. The van der Waals surface area contributed by atoms with Crippen LogP contribution in [0.3, 0.4) is 0 Å². The summed E-state index contributed by atoms with van der Waals surface area (Å²) < 4.78 is 5.94. The van der Waals surface area contributed by atoms with Gasteiger partial charge in [-0.25, -0.2) is 0 Å². The van der Waals surface area contributed by atoms with Gasteiger partial charge in [0, 0.05) is 42.3 Å². The fourth-order valence-corrected chi connectivity index (χ4v) is 6.17. The number of rotatable bonds is 6. The van der Waals surface area contributed by atoms with Crippen molar-refractivity contribution >= 4 is 11.7 Å². The Bertz CT molecular complexity index is 1150. The standard InChI is InChI=1S/C31H33NO3/c1-22(2)35-29-16-10-9-11-23(29)19-30(34)32-20-26-27(21-32)31(18-17-28(26)33,24-12-5-3-6-13-24)25-14-7-4-8-15-25/h3-16,22,26-27H,17-21H2,1-2H3. The van der Waals surface area contributed by atoms with Gasteiger partial charge in [-0.3, -0.25) is 9.59 Å². The van der Waals surface area contributed by atoms with Gasteiger partial charge in [-0.05, 0) is 37.5 Å². The highest BCUT2D eigenvalue weighted by Crippen LogP contribution is 2.52. The van der Waals surface area contributed by atoms with E-state index in [4.69, 9.17) is 4.74 Å². The zero-order chi connectivity index (χ0) is 24.4. The Morgan fingerprint density at radius 3 is 2.14 bits per heavy atom. The highest BCUT2D eigenvalue weighted by Gasteiger charge is 2.55. The third kappa shape index (κ3) is 4.38. The first-order chi connectivity index (χ1) is 17.0.